The van der Waals surface area contributed by atoms with Crippen molar-refractivity contribution in [3.8, 4) is 5.75 Å². The van der Waals surface area contributed by atoms with Gasteiger partial charge in [0.25, 0.3) is 5.91 Å². The smallest absolute Gasteiger partial charge is 0.260 e. The van der Waals surface area contributed by atoms with Crippen LogP contribution in [0.5, 0.6) is 5.75 Å². The summed E-state index contributed by atoms with van der Waals surface area (Å²) in [4.78, 5) is 12.1. The van der Waals surface area contributed by atoms with E-state index in [1.807, 2.05) is 56.3 Å². The first-order valence-corrected chi connectivity index (χ1v) is 8.59. The number of ether oxygens (including phenoxy) is 1. The summed E-state index contributed by atoms with van der Waals surface area (Å²) in [6.45, 7) is 6.39. The molecule has 4 heteroatoms. The van der Waals surface area contributed by atoms with Crippen LogP contribution in [0.1, 0.15) is 30.0 Å². The molecule has 0 aliphatic heterocycles. The van der Waals surface area contributed by atoms with Crippen molar-refractivity contribution in [3.63, 3.8) is 0 Å². The molecular weight excluding hydrogens is 322 g/mol. The van der Waals surface area contributed by atoms with Crippen LogP contribution in [0.2, 0.25) is 5.02 Å². The van der Waals surface area contributed by atoms with Crippen LogP contribution in [0.25, 0.3) is 0 Å². The van der Waals surface area contributed by atoms with Gasteiger partial charge in [-0.1, -0.05) is 35.9 Å². The van der Waals surface area contributed by atoms with Gasteiger partial charge in [0, 0.05) is 11.6 Å². The lowest BCUT2D eigenvalue weighted by atomic mass is 10.1. The first-order chi connectivity index (χ1) is 11.5. The zero-order valence-electron chi connectivity index (χ0n) is 14.4. The molecular formula is C20H24ClNO2. The number of aryl methyl sites for hydroxylation is 3. The standard InChI is InChI=1S/C20H24ClNO2/c1-14-6-7-15(2)19(13-14)24-16(3)20(23)22-12-4-5-17-8-10-18(21)11-9-17/h6-11,13,16H,4-5,12H2,1-3H3,(H,22,23). The Balaban J connectivity index is 1.75. The Morgan fingerprint density at radius 2 is 1.88 bits per heavy atom. The first-order valence-electron chi connectivity index (χ1n) is 8.22. The molecule has 0 aliphatic carbocycles. The summed E-state index contributed by atoms with van der Waals surface area (Å²) in [5, 5.41) is 3.67. The largest absolute Gasteiger partial charge is 0.481 e. The number of halogens is 1. The molecule has 1 unspecified atom stereocenters. The topological polar surface area (TPSA) is 38.3 Å². The molecule has 1 amide bonds. The van der Waals surface area contributed by atoms with E-state index < -0.39 is 6.10 Å². The van der Waals surface area contributed by atoms with Gasteiger partial charge in [0.2, 0.25) is 0 Å². The maximum Gasteiger partial charge on any atom is 0.260 e. The van der Waals surface area contributed by atoms with E-state index in [4.69, 9.17) is 16.3 Å². The third-order valence-corrected chi connectivity index (χ3v) is 4.12. The van der Waals surface area contributed by atoms with Crippen LogP contribution < -0.4 is 10.1 Å². The van der Waals surface area contributed by atoms with Gasteiger partial charge in [0.1, 0.15) is 5.75 Å². The summed E-state index contributed by atoms with van der Waals surface area (Å²) in [7, 11) is 0. The van der Waals surface area contributed by atoms with E-state index in [0.29, 0.717) is 6.54 Å². The molecule has 0 heterocycles. The van der Waals surface area contributed by atoms with Crippen LogP contribution in [-0.4, -0.2) is 18.6 Å². The van der Waals surface area contributed by atoms with E-state index in [0.717, 1.165) is 34.7 Å². The predicted octanol–water partition coefficient (Wildman–Crippen LogP) is 4.47. The van der Waals surface area contributed by atoms with Crippen molar-refractivity contribution in [1.29, 1.82) is 0 Å². The molecule has 0 aliphatic rings. The average molecular weight is 346 g/mol. The molecule has 0 saturated heterocycles. The Labute approximate surface area is 149 Å². The van der Waals surface area contributed by atoms with Crippen LogP contribution >= 0.6 is 11.6 Å². The molecule has 24 heavy (non-hydrogen) atoms. The molecule has 1 N–H and O–H groups in total. The third kappa shape index (κ3) is 5.57. The highest BCUT2D eigenvalue weighted by atomic mass is 35.5. The van der Waals surface area contributed by atoms with E-state index >= 15 is 0 Å². The SMILES string of the molecule is Cc1ccc(C)c(OC(C)C(=O)NCCCc2ccc(Cl)cc2)c1. The highest BCUT2D eigenvalue weighted by Gasteiger charge is 2.15. The Morgan fingerprint density at radius 3 is 2.58 bits per heavy atom. The molecule has 1 atom stereocenters. The van der Waals surface area contributed by atoms with Crippen molar-refractivity contribution >= 4 is 17.5 Å². The van der Waals surface area contributed by atoms with E-state index in [9.17, 15) is 4.79 Å². The number of hydrogen-bond donors (Lipinski definition) is 1. The van der Waals surface area contributed by atoms with E-state index in [1.54, 1.807) is 6.92 Å². The minimum absolute atomic E-state index is 0.0907. The van der Waals surface area contributed by atoms with Crippen molar-refractivity contribution in [2.75, 3.05) is 6.54 Å². The maximum absolute atomic E-state index is 12.1. The summed E-state index contributed by atoms with van der Waals surface area (Å²) >= 11 is 5.87. The second kappa shape index (κ2) is 8.74. The summed E-state index contributed by atoms with van der Waals surface area (Å²) in [6, 6.07) is 13.8. The maximum atomic E-state index is 12.1. The fourth-order valence-electron chi connectivity index (χ4n) is 2.38. The van der Waals surface area contributed by atoms with E-state index in [-0.39, 0.29) is 5.91 Å². The summed E-state index contributed by atoms with van der Waals surface area (Å²) in [5.41, 5.74) is 3.36. The van der Waals surface area contributed by atoms with Gasteiger partial charge in [-0.15, -0.1) is 0 Å². The second-order valence-corrected chi connectivity index (χ2v) is 6.49. The van der Waals surface area contributed by atoms with Gasteiger partial charge < -0.3 is 10.1 Å². The number of carbonyl (C=O) groups excluding carboxylic acids is 1. The van der Waals surface area contributed by atoms with Gasteiger partial charge in [0.05, 0.1) is 0 Å². The lowest BCUT2D eigenvalue weighted by Gasteiger charge is -2.16. The average Bonchev–Trinajstić information content (AvgIpc) is 2.56. The fraction of sp³-hybridized carbons (Fsp3) is 0.350. The number of hydrogen-bond acceptors (Lipinski definition) is 2. The second-order valence-electron chi connectivity index (χ2n) is 6.05. The van der Waals surface area contributed by atoms with E-state index in [2.05, 4.69) is 5.32 Å². The van der Waals surface area contributed by atoms with E-state index in [1.165, 1.54) is 5.56 Å². The normalized spacial score (nSPS) is 11.8. The lowest BCUT2D eigenvalue weighted by Crippen LogP contribution is -2.37. The minimum Gasteiger partial charge on any atom is -0.481 e. The molecule has 2 aromatic carbocycles. The molecule has 0 saturated carbocycles. The van der Waals surface area contributed by atoms with Crippen molar-refractivity contribution < 1.29 is 9.53 Å². The van der Waals surface area contributed by atoms with Crippen LogP contribution in [0.4, 0.5) is 0 Å². The number of rotatable bonds is 7. The Kier molecular flexibility index (Phi) is 6.68. The van der Waals surface area contributed by atoms with Crippen LogP contribution in [0, 0.1) is 13.8 Å². The molecule has 0 aromatic heterocycles. The molecule has 2 rings (SSSR count). The summed E-state index contributed by atoms with van der Waals surface area (Å²) < 4.78 is 5.79. The van der Waals surface area contributed by atoms with Crippen molar-refractivity contribution in [2.45, 2.75) is 39.7 Å². The molecule has 3 nitrogen and oxygen atoms in total. The predicted molar refractivity (Wildman–Crippen MR) is 98.8 cm³/mol. The van der Waals surface area contributed by atoms with Gasteiger partial charge in [-0.05, 0) is 68.5 Å². The zero-order valence-corrected chi connectivity index (χ0v) is 15.2. The summed E-state index contributed by atoms with van der Waals surface area (Å²) in [5.74, 6) is 0.672. The minimum atomic E-state index is -0.513. The number of amides is 1. The van der Waals surface area contributed by atoms with Crippen LogP contribution in [-0.2, 0) is 11.2 Å². The molecule has 0 spiro atoms. The van der Waals surface area contributed by atoms with Crippen molar-refractivity contribution in [1.82, 2.24) is 5.32 Å². The van der Waals surface area contributed by atoms with Gasteiger partial charge in [0.15, 0.2) is 6.10 Å². The summed E-state index contributed by atoms with van der Waals surface area (Å²) in [6.07, 6.45) is 1.27. The molecule has 0 radical (unpaired) electrons. The third-order valence-electron chi connectivity index (χ3n) is 3.87. The molecule has 2 aromatic rings. The highest BCUT2D eigenvalue weighted by Crippen LogP contribution is 2.20. The fourth-order valence-corrected chi connectivity index (χ4v) is 2.50. The van der Waals surface area contributed by atoms with Crippen molar-refractivity contribution in [2.24, 2.45) is 0 Å². The van der Waals surface area contributed by atoms with Gasteiger partial charge >= 0.3 is 0 Å². The molecule has 0 bridgehead atoms. The zero-order chi connectivity index (χ0) is 17.5. The number of benzene rings is 2. The van der Waals surface area contributed by atoms with Crippen LogP contribution in [0.3, 0.4) is 0 Å². The number of nitrogens with one attached hydrogen (secondary N) is 1. The van der Waals surface area contributed by atoms with Gasteiger partial charge in [-0.3, -0.25) is 4.79 Å². The molecule has 128 valence electrons. The Bertz CT molecular complexity index is 683. The number of carbonyl (C=O) groups is 1. The quantitative estimate of drug-likeness (QED) is 0.752. The highest BCUT2D eigenvalue weighted by molar-refractivity contribution is 6.30. The van der Waals surface area contributed by atoms with Crippen LogP contribution in [0.15, 0.2) is 42.5 Å². The van der Waals surface area contributed by atoms with Gasteiger partial charge in [-0.2, -0.15) is 0 Å². The lowest BCUT2D eigenvalue weighted by molar-refractivity contribution is -0.127. The monoisotopic (exact) mass is 345 g/mol. The Hall–Kier alpha value is -2.00. The Morgan fingerprint density at radius 1 is 1.17 bits per heavy atom. The molecule has 0 fully saturated rings. The van der Waals surface area contributed by atoms with Crippen molar-refractivity contribution in [3.05, 3.63) is 64.2 Å². The van der Waals surface area contributed by atoms with Gasteiger partial charge in [-0.25, -0.2) is 0 Å². The first kappa shape index (κ1) is 18.3.